The molecule has 0 aliphatic rings. The average Bonchev–Trinajstić information content (AvgIpc) is 2.26. The Kier molecular flexibility index (Phi) is 6.23. The van der Waals surface area contributed by atoms with Crippen molar-refractivity contribution in [2.24, 2.45) is 0 Å². The van der Waals surface area contributed by atoms with Gasteiger partial charge in [0.1, 0.15) is 0 Å². The normalized spacial score (nSPS) is 10.9. The number of hydrogen-bond acceptors (Lipinski definition) is 4. The first-order valence-corrected chi connectivity index (χ1v) is 7.67. The van der Waals surface area contributed by atoms with Crippen LogP contribution in [0.25, 0.3) is 0 Å². The summed E-state index contributed by atoms with van der Waals surface area (Å²) < 4.78 is 9.53. The maximum Gasteiger partial charge on any atom is 0.311 e. The van der Waals surface area contributed by atoms with E-state index >= 15 is 0 Å². The van der Waals surface area contributed by atoms with Gasteiger partial charge in [-0.3, -0.25) is 9.59 Å². The molecule has 0 heterocycles. The van der Waals surface area contributed by atoms with Gasteiger partial charge in [0.2, 0.25) is 0 Å². The van der Waals surface area contributed by atoms with Crippen molar-refractivity contribution < 1.29 is 19.1 Å². The number of ether oxygens (including phenoxy) is 2. The zero-order chi connectivity index (χ0) is 11.9. The molecule has 0 fully saturated rings. The lowest BCUT2D eigenvalue weighted by atomic mass is 10.6. The summed E-state index contributed by atoms with van der Waals surface area (Å²) in [5, 5.41) is 0. The molecule has 0 bridgehead atoms. The molecule has 0 radical (unpaired) electrons. The van der Waals surface area contributed by atoms with Crippen molar-refractivity contribution in [3.63, 3.8) is 0 Å². The van der Waals surface area contributed by atoms with E-state index in [1.807, 2.05) is 13.8 Å². The number of hydrogen-bond donors (Lipinski definition) is 0. The Morgan fingerprint density at radius 3 is 1.47 bits per heavy atom. The second kappa shape index (κ2) is 6.61. The minimum absolute atomic E-state index is 0.349. The quantitative estimate of drug-likeness (QED) is 0.661. The van der Waals surface area contributed by atoms with E-state index in [9.17, 15) is 9.59 Å². The Balaban J connectivity index is 5.05. The molecule has 5 heteroatoms. The Labute approximate surface area is 92.0 Å². The van der Waals surface area contributed by atoms with Gasteiger partial charge in [0, 0.05) is 0 Å². The van der Waals surface area contributed by atoms with Crippen LogP contribution in [0, 0.1) is 0 Å². The fraction of sp³-hybridized carbons (Fsp3) is 0.800. The first kappa shape index (κ1) is 14.2. The van der Waals surface area contributed by atoms with Gasteiger partial charge in [0.25, 0.3) is 11.2 Å². The van der Waals surface area contributed by atoms with Crippen LogP contribution in [0.5, 0.6) is 0 Å². The molecule has 0 rings (SSSR count). The maximum atomic E-state index is 11.8. The molecule has 4 nitrogen and oxygen atoms in total. The molecule has 0 saturated carbocycles. The highest BCUT2D eigenvalue weighted by Gasteiger charge is 2.50. The number of methoxy groups -OCH3 is 2. The molecule has 0 aromatic rings. The smallest absolute Gasteiger partial charge is 0.311 e. The Morgan fingerprint density at radius 2 is 1.27 bits per heavy atom. The predicted octanol–water partition coefficient (Wildman–Crippen LogP) is 2.95. The van der Waals surface area contributed by atoms with Gasteiger partial charge < -0.3 is 9.47 Å². The molecular weight excluding hydrogens is 212 g/mol. The van der Waals surface area contributed by atoms with E-state index in [1.165, 1.54) is 14.2 Å². The van der Waals surface area contributed by atoms with Crippen LogP contribution in [-0.2, 0) is 9.47 Å². The third-order valence-corrected chi connectivity index (χ3v) is 7.18. The Hall–Kier alpha value is -0.843. The maximum absolute atomic E-state index is 11.8. The van der Waals surface area contributed by atoms with Crippen molar-refractivity contribution in [1.82, 2.24) is 0 Å². The van der Waals surface area contributed by atoms with Crippen molar-refractivity contribution in [2.75, 3.05) is 14.2 Å². The van der Waals surface area contributed by atoms with Crippen molar-refractivity contribution in [2.45, 2.75) is 38.8 Å². The summed E-state index contributed by atoms with van der Waals surface area (Å²) in [5.41, 5.74) is -0.698. The van der Waals surface area contributed by atoms with E-state index < -0.39 is 8.07 Å². The average molecular weight is 232 g/mol. The number of carbonyl (C=O) groups excluding carboxylic acids is 2. The molecule has 0 aromatic carbocycles. The summed E-state index contributed by atoms with van der Waals surface area (Å²) in [5.74, 6) is 0. The summed E-state index contributed by atoms with van der Waals surface area (Å²) in [6.45, 7) is 3.92. The van der Waals surface area contributed by atoms with E-state index in [0.29, 0.717) is 12.1 Å². The molecule has 0 amide bonds. The van der Waals surface area contributed by atoms with Crippen molar-refractivity contribution in [1.29, 1.82) is 0 Å². The monoisotopic (exact) mass is 232 g/mol. The van der Waals surface area contributed by atoms with Crippen molar-refractivity contribution in [3.8, 4) is 0 Å². The summed E-state index contributed by atoms with van der Waals surface area (Å²) in [6.07, 6.45) is 1.60. The van der Waals surface area contributed by atoms with E-state index in [2.05, 4.69) is 0 Å². The summed E-state index contributed by atoms with van der Waals surface area (Å²) in [6, 6.07) is 1.22. The van der Waals surface area contributed by atoms with Gasteiger partial charge in [-0.05, 0) is 12.1 Å². The van der Waals surface area contributed by atoms with Crippen LogP contribution in [0.1, 0.15) is 26.7 Å². The lowest BCUT2D eigenvalue weighted by molar-refractivity contribution is 0.185. The molecular formula is C10H20O4Si. The zero-order valence-electron chi connectivity index (χ0n) is 9.96. The molecule has 0 aliphatic carbocycles. The van der Waals surface area contributed by atoms with Gasteiger partial charge in [-0.25, -0.2) is 0 Å². The van der Waals surface area contributed by atoms with Crippen LogP contribution < -0.4 is 0 Å². The molecule has 15 heavy (non-hydrogen) atoms. The van der Waals surface area contributed by atoms with Crippen LogP contribution >= 0.6 is 0 Å². The molecule has 0 aliphatic heterocycles. The van der Waals surface area contributed by atoms with E-state index in [1.54, 1.807) is 0 Å². The van der Waals surface area contributed by atoms with Crippen molar-refractivity contribution >= 4 is 19.3 Å². The van der Waals surface area contributed by atoms with Crippen molar-refractivity contribution in [3.05, 3.63) is 0 Å². The molecule has 0 unspecified atom stereocenters. The fourth-order valence-electron chi connectivity index (χ4n) is 1.86. The highest BCUT2D eigenvalue weighted by Crippen LogP contribution is 2.24. The number of carbonyl (C=O) groups is 2. The van der Waals surface area contributed by atoms with Crippen LogP contribution in [0.2, 0.25) is 12.1 Å². The highest BCUT2D eigenvalue weighted by atomic mass is 28.3. The van der Waals surface area contributed by atoms with Gasteiger partial charge in [0.15, 0.2) is 0 Å². The van der Waals surface area contributed by atoms with Crippen LogP contribution in [0.3, 0.4) is 0 Å². The van der Waals surface area contributed by atoms with E-state index in [4.69, 9.17) is 9.47 Å². The van der Waals surface area contributed by atoms with Gasteiger partial charge >= 0.3 is 8.07 Å². The van der Waals surface area contributed by atoms with Gasteiger partial charge in [-0.2, -0.15) is 0 Å². The summed E-state index contributed by atoms with van der Waals surface area (Å²) in [4.78, 5) is 23.5. The fourth-order valence-corrected chi connectivity index (χ4v) is 5.58. The van der Waals surface area contributed by atoms with Crippen LogP contribution in [0.15, 0.2) is 0 Å². The van der Waals surface area contributed by atoms with Crippen LogP contribution in [0.4, 0.5) is 9.59 Å². The van der Waals surface area contributed by atoms with E-state index in [-0.39, 0.29) is 11.2 Å². The highest BCUT2D eigenvalue weighted by molar-refractivity contribution is 7.23. The summed E-state index contributed by atoms with van der Waals surface area (Å²) >= 11 is 0. The standard InChI is InChI=1S/C10H20O4Si/c1-5-7-15(8-6-2,9(11)13-3)10(12)14-4/h5-8H2,1-4H3. The largest absolute Gasteiger partial charge is 0.473 e. The predicted molar refractivity (Wildman–Crippen MR) is 60.8 cm³/mol. The summed E-state index contributed by atoms with van der Waals surface area (Å²) in [7, 11) is -0.0612. The SMILES string of the molecule is CCC[Si](CCC)(C(=O)OC)C(=O)OC. The Morgan fingerprint density at radius 1 is 0.933 bits per heavy atom. The molecule has 0 atom stereocenters. The molecule has 0 saturated heterocycles. The molecule has 88 valence electrons. The minimum Gasteiger partial charge on any atom is -0.473 e. The van der Waals surface area contributed by atoms with Gasteiger partial charge in [-0.15, -0.1) is 0 Å². The first-order valence-electron chi connectivity index (χ1n) is 5.25. The minimum atomic E-state index is -2.72. The third-order valence-electron chi connectivity index (χ3n) is 2.51. The second-order valence-corrected chi connectivity index (χ2v) is 7.55. The van der Waals surface area contributed by atoms with Gasteiger partial charge in [0.05, 0.1) is 14.2 Å². The zero-order valence-corrected chi connectivity index (χ0v) is 11.0. The number of rotatable bonds is 6. The second-order valence-electron chi connectivity index (χ2n) is 3.57. The third kappa shape index (κ3) is 3.05. The molecule has 0 aromatic heterocycles. The topological polar surface area (TPSA) is 52.6 Å². The van der Waals surface area contributed by atoms with Gasteiger partial charge in [-0.1, -0.05) is 26.7 Å². The lowest BCUT2D eigenvalue weighted by Crippen LogP contribution is -2.52. The first-order chi connectivity index (χ1) is 7.08. The molecule has 0 spiro atoms. The van der Waals surface area contributed by atoms with Crippen LogP contribution in [-0.4, -0.2) is 33.5 Å². The molecule has 0 N–H and O–H groups in total. The Bertz CT molecular complexity index is 203. The lowest BCUT2D eigenvalue weighted by Gasteiger charge is -2.24. The van der Waals surface area contributed by atoms with E-state index in [0.717, 1.165) is 12.8 Å².